The van der Waals surface area contributed by atoms with Gasteiger partial charge >= 0.3 is 0 Å². The van der Waals surface area contributed by atoms with E-state index < -0.39 is 15.9 Å². The summed E-state index contributed by atoms with van der Waals surface area (Å²) in [5.41, 5.74) is 0.790. The Bertz CT molecular complexity index is 678. The van der Waals surface area contributed by atoms with Crippen LogP contribution in [0.4, 0.5) is 4.39 Å². The Labute approximate surface area is 137 Å². The Balaban J connectivity index is 1.98. The molecule has 2 atom stereocenters. The van der Waals surface area contributed by atoms with Gasteiger partial charge in [0.05, 0.1) is 17.5 Å². The van der Waals surface area contributed by atoms with Crippen LogP contribution in [0.1, 0.15) is 18.9 Å². The zero-order valence-corrected chi connectivity index (χ0v) is 14.5. The lowest BCUT2D eigenvalue weighted by Gasteiger charge is -2.31. The summed E-state index contributed by atoms with van der Waals surface area (Å²) in [5, 5.41) is 0. The molecule has 0 aromatic heterocycles. The summed E-state index contributed by atoms with van der Waals surface area (Å²) in [6, 6.07) is 5.61. The van der Waals surface area contributed by atoms with E-state index in [2.05, 4.69) is 0 Å². The molecule has 0 aliphatic carbocycles. The summed E-state index contributed by atoms with van der Waals surface area (Å²) in [5.74, 6) is -0.243. The lowest BCUT2D eigenvalue weighted by Crippen LogP contribution is -2.48. The number of hydrogen-bond acceptors (Lipinski definition) is 4. The van der Waals surface area contributed by atoms with Crippen LogP contribution in [0.5, 0.6) is 0 Å². The maximum atomic E-state index is 13.2. The first-order valence-electron chi connectivity index (χ1n) is 7.61. The first kappa shape index (κ1) is 17.9. The summed E-state index contributed by atoms with van der Waals surface area (Å²) in [6.45, 7) is 2.23. The van der Waals surface area contributed by atoms with Crippen molar-refractivity contribution in [2.75, 3.05) is 25.6 Å². The highest BCUT2D eigenvalue weighted by Gasteiger charge is 2.34. The van der Waals surface area contributed by atoms with Crippen LogP contribution in [0, 0.1) is 5.82 Å². The van der Waals surface area contributed by atoms with E-state index in [0.29, 0.717) is 13.0 Å². The van der Waals surface area contributed by atoms with E-state index in [1.54, 1.807) is 27.1 Å². The average molecular weight is 342 g/mol. The van der Waals surface area contributed by atoms with Crippen molar-refractivity contribution in [2.45, 2.75) is 32.0 Å². The molecule has 0 bridgehead atoms. The second-order valence-corrected chi connectivity index (χ2v) is 8.46. The van der Waals surface area contributed by atoms with E-state index >= 15 is 0 Å². The topological polar surface area (TPSA) is 57.7 Å². The summed E-state index contributed by atoms with van der Waals surface area (Å²) in [4.78, 5) is 15.9. The van der Waals surface area contributed by atoms with Gasteiger partial charge in [0.25, 0.3) is 0 Å². The number of sulfone groups is 1. The predicted octanol–water partition coefficient (Wildman–Crippen LogP) is 1.29. The van der Waals surface area contributed by atoms with Crippen LogP contribution in [-0.4, -0.2) is 61.8 Å². The van der Waals surface area contributed by atoms with Crippen LogP contribution in [0.2, 0.25) is 0 Å². The molecule has 1 amide bonds. The van der Waals surface area contributed by atoms with Gasteiger partial charge in [0, 0.05) is 19.6 Å². The molecule has 1 aromatic carbocycles. The Morgan fingerprint density at radius 1 is 1.39 bits per heavy atom. The summed E-state index contributed by atoms with van der Waals surface area (Å²) < 4.78 is 36.4. The zero-order valence-electron chi connectivity index (χ0n) is 13.7. The van der Waals surface area contributed by atoms with Gasteiger partial charge in [0.2, 0.25) is 5.91 Å². The summed E-state index contributed by atoms with van der Waals surface area (Å²) >= 11 is 0. The Morgan fingerprint density at radius 3 is 2.65 bits per heavy atom. The Hall–Kier alpha value is -1.47. The molecule has 0 N–H and O–H groups in total. The van der Waals surface area contributed by atoms with E-state index in [1.807, 2.05) is 11.0 Å². The Kier molecular flexibility index (Phi) is 5.41. The standard InChI is InChI=1S/C16H23FN2O3S/c1-12(18(2)10-13-5-4-6-14(17)9-13)16(20)19(3)15-7-8-23(21,22)11-15/h4-6,9,12,15H,7-8,10-11H2,1-3H3. The van der Waals surface area contributed by atoms with Crippen LogP contribution in [0.3, 0.4) is 0 Å². The second-order valence-electron chi connectivity index (χ2n) is 6.23. The summed E-state index contributed by atoms with van der Waals surface area (Å²) in [7, 11) is 0.429. The lowest BCUT2D eigenvalue weighted by atomic mass is 10.1. The molecule has 0 spiro atoms. The zero-order chi connectivity index (χ0) is 17.2. The minimum absolute atomic E-state index is 0.0373. The van der Waals surface area contributed by atoms with Gasteiger partial charge in [-0.05, 0) is 38.1 Å². The molecule has 0 saturated carbocycles. The van der Waals surface area contributed by atoms with E-state index in [-0.39, 0.29) is 29.3 Å². The number of hydrogen-bond donors (Lipinski definition) is 0. The van der Waals surface area contributed by atoms with Crippen molar-refractivity contribution in [1.29, 1.82) is 0 Å². The van der Waals surface area contributed by atoms with Crippen LogP contribution >= 0.6 is 0 Å². The predicted molar refractivity (Wildman–Crippen MR) is 87.2 cm³/mol. The third-order valence-corrected chi connectivity index (χ3v) is 6.19. The molecule has 23 heavy (non-hydrogen) atoms. The van der Waals surface area contributed by atoms with Gasteiger partial charge in [-0.25, -0.2) is 12.8 Å². The first-order valence-corrected chi connectivity index (χ1v) is 9.43. The smallest absolute Gasteiger partial charge is 0.239 e. The molecule has 0 radical (unpaired) electrons. The van der Waals surface area contributed by atoms with E-state index in [0.717, 1.165) is 5.56 Å². The van der Waals surface area contributed by atoms with Crippen LogP contribution in [0.15, 0.2) is 24.3 Å². The molecule has 2 rings (SSSR count). The number of amides is 1. The van der Waals surface area contributed by atoms with Gasteiger partial charge in [-0.2, -0.15) is 0 Å². The fraction of sp³-hybridized carbons (Fsp3) is 0.562. The third-order valence-electron chi connectivity index (χ3n) is 4.44. The first-order chi connectivity index (χ1) is 10.7. The Morgan fingerprint density at radius 2 is 2.09 bits per heavy atom. The minimum Gasteiger partial charge on any atom is -0.340 e. The number of halogens is 1. The van der Waals surface area contributed by atoms with Gasteiger partial charge in [0.15, 0.2) is 9.84 Å². The maximum Gasteiger partial charge on any atom is 0.239 e. The quantitative estimate of drug-likeness (QED) is 0.809. The van der Waals surface area contributed by atoms with Crippen LogP contribution in [0.25, 0.3) is 0 Å². The van der Waals surface area contributed by atoms with Gasteiger partial charge in [-0.1, -0.05) is 12.1 Å². The van der Waals surface area contributed by atoms with Crippen molar-refractivity contribution in [3.8, 4) is 0 Å². The molecule has 2 unspecified atom stereocenters. The lowest BCUT2D eigenvalue weighted by molar-refractivity contribution is -0.136. The molecule has 5 nitrogen and oxygen atoms in total. The van der Waals surface area contributed by atoms with Crippen molar-refractivity contribution >= 4 is 15.7 Å². The van der Waals surface area contributed by atoms with Crippen molar-refractivity contribution in [3.63, 3.8) is 0 Å². The monoisotopic (exact) mass is 342 g/mol. The number of nitrogens with zero attached hydrogens (tertiary/aromatic N) is 2. The number of rotatable bonds is 5. The molecule has 1 fully saturated rings. The third kappa shape index (κ3) is 4.51. The highest BCUT2D eigenvalue weighted by Crippen LogP contribution is 2.18. The molecule has 1 aliphatic heterocycles. The number of carbonyl (C=O) groups excluding carboxylic acids is 1. The molecule has 1 saturated heterocycles. The largest absolute Gasteiger partial charge is 0.340 e. The molecule has 1 heterocycles. The molecule has 1 aliphatic rings. The van der Waals surface area contributed by atoms with Gasteiger partial charge in [0.1, 0.15) is 5.82 Å². The van der Waals surface area contributed by atoms with E-state index in [9.17, 15) is 17.6 Å². The fourth-order valence-electron chi connectivity index (χ4n) is 2.80. The van der Waals surface area contributed by atoms with Gasteiger partial charge < -0.3 is 4.90 Å². The number of carbonyl (C=O) groups is 1. The second kappa shape index (κ2) is 6.97. The summed E-state index contributed by atoms with van der Waals surface area (Å²) in [6.07, 6.45) is 0.491. The molecule has 7 heteroatoms. The van der Waals surface area contributed by atoms with Crippen LogP contribution < -0.4 is 0 Å². The highest BCUT2D eigenvalue weighted by atomic mass is 32.2. The van der Waals surface area contributed by atoms with E-state index in [4.69, 9.17) is 0 Å². The highest BCUT2D eigenvalue weighted by molar-refractivity contribution is 7.91. The SMILES string of the molecule is CC(C(=O)N(C)C1CCS(=O)(=O)C1)N(C)Cc1cccc(F)c1. The molecule has 1 aromatic rings. The van der Waals surface area contributed by atoms with Gasteiger partial charge in [-0.3, -0.25) is 9.69 Å². The number of benzene rings is 1. The van der Waals surface area contributed by atoms with Crippen molar-refractivity contribution < 1.29 is 17.6 Å². The molecular weight excluding hydrogens is 319 g/mol. The van der Waals surface area contributed by atoms with Gasteiger partial charge in [-0.15, -0.1) is 0 Å². The van der Waals surface area contributed by atoms with Crippen molar-refractivity contribution in [3.05, 3.63) is 35.6 Å². The normalized spacial score (nSPS) is 21.3. The molecule has 128 valence electrons. The molecular formula is C16H23FN2O3S. The van der Waals surface area contributed by atoms with Crippen molar-refractivity contribution in [2.24, 2.45) is 0 Å². The average Bonchev–Trinajstić information content (AvgIpc) is 2.85. The van der Waals surface area contributed by atoms with Crippen molar-refractivity contribution in [1.82, 2.24) is 9.80 Å². The van der Waals surface area contributed by atoms with Crippen LogP contribution in [-0.2, 0) is 21.2 Å². The number of likely N-dealkylation sites (N-methyl/N-ethyl adjacent to an activating group) is 2. The maximum absolute atomic E-state index is 13.2. The fourth-order valence-corrected chi connectivity index (χ4v) is 4.58. The van der Waals surface area contributed by atoms with E-state index in [1.165, 1.54) is 17.0 Å². The minimum atomic E-state index is -3.02.